The average molecular weight is 658 g/mol. The Hall–Kier alpha value is -6.43. The van der Waals surface area contributed by atoms with Gasteiger partial charge in [0.25, 0.3) is 0 Å². The van der Waals surface area contributed by atoms with Gasteiger partial charge in [0, 0.05) is 38.5 Å². The molecule has 0 saturated heterocycles. The molecule has 2 unspecified atom stereocenters. The third-order valence-corrected chi connectivity index (χ3v) is 10.4. The summed E-state index contributed by atoms with van der Waals surface area (Å²) >= 11 is 0. The van der Waals surface area contributed by atoms with Gasteiger partial charge in [-0.1, -0.05) is 127 Å². The standard InChI is InChI=1S/C46H35N5/c1-49-45(32-16-6-3-7-17-32)47-44(31-14-4-2-5-15-31)48-46(49)33-24-26-34(27-25-33)50-42-23-13-10-20-38(42)39-30-35(28-29-43(39)50)51-40-21-11-8-18-36(40)37-19-9-12-22-41(37)51/h2-30,45-46H,1H3,(H,47,48). The molecule has 9 aromatic rings. The van der Waals surface area contributed by atoms with Gasteiger partial charge in [0.1, 0.15) is 18.2 Å². The van der Waals surface area contributed by atoms with Gasteiger partial charge in [-0.25, -0.2) is 4.99 Å². The van der Waals surface area contributed by atoms with Crippen LogP contribution in [-0.2, 0) is 0 Å². The Labute approximate surface area is 296 Å². The van der Waals surface area contributed by atoms with E-state index in [1.165, 1.54) is 54.7 Å². The van der Waals surface area contributed by atoms with Gasteiger partial charge in [-0.05, 0) is 66.7 Å². The van der Waals surface area contributed by atoms with E-state index >= 15 is 0 Å². The first kappa shape index (κ1) is 29.5. The maximum absolute atomic E-state index is 5.19. The number of amidine groups is 1. The van der Waals surface area contributed by atoms with E-state index in [9.17, 15) is 0 Å². The highest BCUT2D eigenvalue weighted by Gasteiger charge is 2.31. The molecule has 0 spiro atoms. The van der Waals surface area contributed by atoms with Crippen LogP contribution in [0.25, 0.3) is 55.0 Å². The molecule has 0 radical (unpaired) electrons. The molecule has 5 nitrogen and oxygen atoms in total. The number of hydrogen-bond acceptors (Lipinski definition) is 3. The second-order valence-electron chi connectivity index (χ2n) is 13.4. The summed E-state index contributed by atoms with van der Waals surface area (Å²) in [5.74, 6) is 0.901. The van der Waals surface area contributed by atoms with Crippen molar-refractivity contribution < 1.29 is 0 Å². The first-order valence-electron chi connectivity index (χ1n) is 17.5. The van der Waals surface area contributed by atoms with Crippen molar-refractivity contribution >= 4 is 49.4 Å². The molecule has 0 fully saturated rings. The molecule has 51 heavy (non-hydrogen) atoms. The predicted octanol–water partition coefficient (Wildman–Crippen LogP) is 10.6. The molecule has 2 atom stereocenters. The van der Waals surface area contributed by atoms with Crippen LogP contribution in [0.1, 0.15) is 29.0 Å². The Morgan fingerprint density at radius 2 is 0.941 bits per heavy atom. The zero-order valence-corrected chi connectivity index (χ0v) is 28.2. The van der Waals surface area contributed by atoms with Crippen LogP contribution in [0.5, 0.6) is 0 Å². The highest BCUT2D eigenvalue weighted by Crippen LogP contribution is 2.38. The van der Waals surface area contributed by atoms with E-state index in [1.54, 1.807) is 0 Å². The van der Waals surface area contributed by atoms with E-state index in [1.807, 2.05) is 6.07 Å². The minimum absolute atomic E-state index is 0.0658. The Balaban J connectivity index is 1.07. The number of nitrogens with zero attached hydrogens (tertiary/aromatic N) is 4. The maximum Gasteiger partial charge on any atom is 0.132 e. The van der Waals surface area contributed by atoms with Crippen LogP contribution in [0.2, 0.25) is 0 Å². The van der Waals surface area contributed by atoms with Crippen LogP contribution in [0, 0.1) is 0 Å². The molecule has 0 bridgehead atoms. The van der Waals surface area contributed by atoms with Crippen molar-refractivity contribution in [2.75, 3.05) is 7.05 Å². The molecule has 0 amide bonds. The number of para-hydroxylation sites is 3. The van der Waals surface area contributed by atoms with Crippen molar-refractivity contribution in [3.8, 4) is 11.4 Å². The fourth-order valence-electron chi connectivity index (χ4n) is 8.01. The highest BCUT2D eigenvalue weighted by molar-refractivity contribution is 6.12. The molecular weight excluding hydrogens is 623 g/mol. The summed E-state index contributed by atoms with van der Waals surface area (Å²) in [5, 5.41) is 8.77. The van der Waals surface area contributed by atoms with Crippen molar-refractivity contribution in [2.24, 2.45) is 4.99 Å². The molecule has 3 heterocycles. The average Bonchev–Trinajstić information content (AvgIpc) is 3.71. The van der Waals surface area contributed by atoms with Crippen molar-refractivity contribution in [2.45, 2.75) is 12.3 Å². The largest absolute Gasteiger partial charge is 0.350 e. The third-order valence-electron chi connectivity index (χ3n) is 10.4. The van der Waals surface area contributed by atoms with Crippen LogP contribution in [0.3, 0.4) is 0 Å². The quantitative estimate of drug-likeness (QED) is 0.200. The first-order chi connectivity index (χ1) is 25.2. The van der Waals surface area contributed by atoms with Gasteiger partial charge >= 0.3 is 0 Å². The first-order valence-corrected chi connectivity index (χ1v) is 17.5. The Morgan fingerprint density at radius 3 is 1.57 bits per heavy atom. The predicted molar refractivity (Wildman–Crippen MR) is 211 cm³/mol. The Morgan fingerprint density at radius 1 is 0.451 bits per heavy atom. The van der Waals surface area contributed by atoms with Crippen molar-refractivity contribution in [1.82, 2.24) is 19.4 Å². The summed E-state index contributed by atoms with van der Waals surface area (Å²) in [7, 11) is 2.15. The second kappa shape index (κ2) is 11.9. The summed E-state index contributed by atoms with van der Waals surface area (Å²) in [6, 6.07) is 63.0. The lowest BCUT2D eigenvalue weighted by Crippen LogP contribution is -2.45. The van der Waals surface area contributed by atoms with Gasteiger partial charge < -0.3 is 14.5 Å². The van der Waals surface area contributed by atoms with Crippen LogP contribution in [0.4, 0.5) is 0 Å². The molecule has 1 aliphatic rings. The summed E-state index contributed by atoms with van der Waals surface area (Å²) in [6.45, 7) is 0. The topological polar surface area (TPSA) is 37.5 Å². The normalized spacial score (nSPS) is 16.5. The van der Waals surface area contributed by atoms with Crippen molar-refractivity contribution in [1.29, 1.82) is 0 Å². The number of aliphatic imine (C=N–C) groups is 1. The van der Waals surface area contributed by atoms with Gasteiger partial charge in [-0.3, -0.25) is 4.90 Å². The number of rotatable bonds is 5. The van der Waals surface area contributed by atoms with Gasteiger partial charge in [-0.2, -0.15) is 0 Å². The number of nitrogens with one attached hydrogen (secondary N) is 1. The third kappa shape index (κ3) is 4.78. The van der Waals surface area contributed by atoms with E-state index in [2.05, 4.69) is 196 Å². The summed E-state index contributed by atoms with van der Waals surface area (Å²) in [4.78, 5) is 7.50. The molecule has 10 rings (SSSR count). The van der Waals surface area contributed by atoms with Crippen molar-refractivity contribution in [3.05, 3.63) is 193 Å². The minimum Gasteiger partial charge on any atom is -0.350 e. The molecule has 5 heteroatoms. The van der Waals surface area contributed by atoms with Crippen LogP contribution < -0.4 is 5.32 Å². The van der Waals surface area contributed by atoms with Gasteiger partial charge in [0.2, 0.25) is 0 Å². The zero-order valence-electron chi connectivity index (χ0n) is 28.2. The lowest BCUT2D eigenvalue weighted by Gasteiger charge is -2.39. The summed E-state index contributed by atoms with van der Waals surface area (Å²) < 4.78 is 4.79. The lowest BCUT2D eigenvalue weighted by molar-refractivity contribution is 0.152. The number of fused-ring (bicyclic) bond motifs is 6. The Kier molecular flexibility index (Phi) is 6.86. The smallest absolute Gasteiger partial charge is 0.132 e. The van der Waals surface area contributed by atoms with Crippen LogP contribution >= 0.6 is 0 Å². The molecule has 2 aromatic heterocycles. The molecule has 1 N–H and O–H groups in total. The molecule has 0 saturated carbocycles. The molecule has 7 aromatic carbocycles. The van der Waals surface area contributed by atoms with E-state index in [0.717, 1.165) is 22.8 Å². The van der Waals surface area contributed by atoms with Gasteiger partial charge in [0.15, 0.2) is 0 Å². The fourth-order valence-corrected chi connectivity index (χ4v) is 8.01. The van der Waals surface area contributed by atoms with E-state index in [4.69, 9.17) is 4.99 Å². The minimum atomic E-state index is -0.117. The van der Waals surface area contributed by atoms with Crippen molar-refractivity contribution in [3.63, 3.8) is 0 Å². The monoisotopic (exact) mass is 657 g/mol. The van der Waals surface area contributed by atoms with Gasteiger partial charge in [0.05, 0.1) is 22.1 Å². The number of aromatic nitrogens is 2. The van der Waals surface area contributed by atoms with E-state index in [-0.39, 0.29) is 12.3 Å². The second-order valence-corrected chi connectivity index (χ2v) is 13.4. The summed E-state index contributed by atoms with van der Waals surface area (Å²) in [6.07, 6.45) is -0.183. The molecule has 1 aliphatic heterocycles. The Bertz CT molecular complexity index is 2690. The fraction of sp³-hybridized carbons (Fsp3) is 0.0652. The highest BCUT2D eigenvalue weighted by atomic mass is 15.4. The van der Waals surface area contributed by atoms with E-state index in [0.29, 0.717) is 0 Å². The summed E-state index contributed by atoms with van der Waals surface area (Å²) in [5.41, 5.74) is 10.5. The SMILES string of the molecule is CN1C(c2ccccc2)N=C(c2ccccc2)NC1c1ccc(-n2c3ccccc3c3cc(-n4c5ccccc5c5ccccc54)ccc32)cc1. The van der Waals surface area contributed by atoms with Crippen LogP contribution in [0.15, 0.2) is 181 Å². The number of benzene rings is 7. The zero-order chi connectivity index (χ0) is 33.9. The van der Waals surface area contributed by atoms with Crippen LogP contribution in [-0.4, -0.2) is 26.9 Å². The lowest BCUT2D eigenvalue weighted by atomic mass is 10.0. The molecular formula is C46H35N5. The number of hydrogen-bond donors (Lipinski definition) is 1. The van der Waals surface area contributed by atoms with E-state index < -0.39 is 0 Å². The van der Waals surface area contributed by atoms with Gasteiger partial charge in [-0.15, -0.1) is 0 Å². The molecule has 0 aliphatic carbocycles. The molecule has 244 valence electrons. The maximum atomic E-state index is 5.19.